The lowest BCUT2D eigenvalue weighted by molar-refractivity contribution is -0.178. The van der Waals surface area contributed by atoms with Crippen LogP contribution < -0.4 is 5.73 Å². The predicted octanol–water partition coefficient (Wildman–Crippen LogP) is 3.41. The third-order valence-electron chi connectivity index (χ3n) is 2.42. The molecule has 0 aliphatic rings. The van der Waals surface area contributed by atoms with Crippen LogP contribution in [0.4, 0.5) is 13.2 Å². The molecule has 0 aliphatic carbocycles. The summed E-state index contributed by atoms with van der Waals surface area (Å²) in [6.07, 6.45) is -4.38. The molecule has 2 unspecified atom stereocenters. The summed E-state index contributed by atoms with van der Waals surface area (Å²) in [6, 6.07) is 5.40. The molecule has 2 N–H and O–H groups in total. The molecule has 1 rings (SSSR count). The Bertz CT molecular complexity index is 332. The van der Waals surface area contributed by atoms with Gasteiger partial charge in [0, 0.05) is 11.1 Å². The molecule has 1 aromatic carbocycles. The molecule has 0 saturated heterocycles. The van der Waals surface area contributed by atoms with E-state index in [4.69, 9.17) is 17.3 Å². The fourth-order valence-corrected chi connectivity index (χ4v) is 1.60. The van der Waals surface area contributed by atoms with Crippen LogP contribution >= 0.6 is 11.6 Å². The van der Waals surface area contributed by atoms with Crippen molar-refractivity contribution in [2.75, 3.05) is 0 Å². The van der Waals surface area contributed by atoms with Gasteiger partial charge in [0.15, 0.2) is 0 Å². The molecule has 0 saturated carbocycles. The molecule has 0 amide bonds. The van der Waals surface area contributed by atoms with Gasteiger partial charge in [-0.3, -0.25) is 0 Å². The van der Waals surface area contributed by atoms with Crippen molar-refractivity contribution in [2.24, 2.45) is 11.7 Å². The number of alkyl halides is 3. The standard InChI is InChI=1S/C11H13ClF3N/c1-7(16)10(11(13,14)15)6-8-2-4-9(12)5-3-8/h2-5,7,10H,6,16H2,1H3. The monoisotopic (exact) mass is 251 g/mol. The molecule has 0 aliphatic heterocycles. The first-order chi connectivity index (χ1) is 7.30. The zero-order valence-corrected chi connectivity index (χ0v) is 9.52. The number of benzene rings is 1. The van der Waals surface area contributed by atoms with Crippen molar-refractivity contribution < 1.29 is 13.2 Å². The molecule has 1 nitrogen and oxygen atoms in total. The van der Waals surface area contributed by atoms with Crippen LogP contribution in [0.3, 0.4) is 0 Å². The van der Waals surface area contributed by atoms with E-state index in [9.17, 15) is 13.2 Å². The Hall–Kier alpha value is -0.740. The molecule has 1 aromatic rings. The molecule has 0 spiro atoms. The lowest BCUT2D eigenvalue weighted by Crippen LogP contribution is -2.39. The van der Waals surface area contributed by atoms with Gasteiger partial charge < -0.3 is 5.73 Å². The summed E-state index contributed by atoms with van der Waals surface area (Å²) in [5.74, 6) is -1.52. The summed E-state index contributed by atoms with van der Waals surface area (Å²) in [6.45, 7) is 1.37. The second-order valence-corrected chi connectivity index (χ2v) is 4.27. The molecule has 2 atom stereocenters. The van der Waals surface area contributed by atoms with Crippen LogP contribution in [0.5, 0.6) is 0 Å². The summed E-state index contributed by atoms with van der Waals surface area (Å²) in [5, 5.41) is 0.508. The second kappa shape index (κ2) is 5.06. The SMILES string of the molecule is CC(N)C(Cc1ccc(Cl)cc1)C(F)(F)F. The van der Waals surface area contributed by atoms with Crippen LogP contribution in [-0.2, 0) is 6.42 Å². The van der Waals surface area contributed by atoms with Gasteiger partial charge in [-0.2, -0.15) is 13.2 Å². The molecule has 90 valence electrons. The van der Waals surface area contributed by atoms with Gasteiger partial charge in [0.1, 0.15) is 0 Å². The summed E-state index contributed by atoms with van der Waals surface area (Å²) in [7, 11) is 0. The maximum absolute atomic E-state index is 12.6. The zero-order chi connectivity index (χ0) is 12.3. The van der Waals surface area contributed by atoms with Crippen LogP contribution in [0.2, 0.25) is 5.02 Å². The van der Waals surface area contributed by atoms with E-state index in [2.05, 4.69) is 0 Å². The van der Waals surface area contributed by atoms with Gasteiger partial charge in [-0.1, -0.05) is 23.7 Å². The van der Waals surface area contributed by atoms with Crippen molar-refractivity contribution in [3.05, 3.63) is 34.9 Å². The first-order valence-corrected chi connectivity index (χ1v) is 5.25. The van der Waals surface area contributed by atoms with Crippen molar-refractivity contribution >= 4 is 11.6 Å². The summed E-state index contributed by atoms with van der Waals surface area (Å²) >= 11 is 5.65. The first-order valence-electron chi connectivity index (χ1n) is 4.87. The van der Waals surface area contributed by atoms with E-state index >= 15 is 0 Å². The van der Waals surface area contributed by atoms with Crippen molar-refractivity contribution in [3.8, 4) is 0 Å². The first kappa shape index (κ1) is 13.3. The van der Waals surface area contributed by atoms with Crippen LogP contribution in [-0.4, -0.2) is 12.2 Å². The fraction of sp³-hybridized carbons (Fsp3) is 0.455. The number of rotatable bonds is 3. The molecule has 0 aromatic heterocycles. The lowest BCUT2D eigenvalue weighted by Gasteiger charge is -2.23. The van der Waals surface area contributed by atoms with Gasteiger partial charge in [-0.05, 0) is 31.0 Å². The Balaban J connectivity index is 2.80. The third kappa shape index (κ3) is 3.68. The highest BCUT2D eigenvalue weighted by Crippen LogP contribution is 2.31. The van der Waals surface area contributed by atoms with Gasteiger partial charge in [-0.15, -0.1) is 0 Å². The topological polar surface area (TPSA) is 26.0 Å². The van der Waals surface area contributed by atoms with Gasteiger partial charge >= 0.3 is 6.18 Å². The zero-order valence-electron chi connectivity index (χ0n) is 8.76. The Morgan fingerprint density at radius 2 is 1.75 bits per heavy atom. The molecular weight excluding hydrogens is 239 g/mol. The van der Waals surface area contributed by atoms with E-state index in [1.54, 1.807) is 24.3 Å². The minimum Gasteiger partial charge on any atom is -0.327 e. The highest BCUT2D eigenvalue weighted by Gasteiger charge is 2.41. The average Bonchev–Trinajstić information content (AvgIpc) is 2.14. The van der Waals surface area contributed by atoms with Gasteiger partial charge in [0.25, 0.3) is 0 Å². The van der Waals surface area contributed by atoms with E-state index in [-0.39, 0.29) is 6.42 Å². The molecular formula is C11H13ClF3N. The smallest absolute Gasteiger partial charge is 0.327 e. The quantitative estimate of drug-likeness (QED) is 0.875. The highest BCUT2D eigenvalue weighted by molar-refractivity contribution is 6.30. The van der Waals surface area contributed by atoms with E-state index < -0.39 is 18.1 Å². The maximum atomic E-state index is 12.6. The second-order valence-electron chi connectivity index (χ2n) is 3.84. The number of nitrogens with two attached hydrogens (primary N) is 1. The lowest BCUT2D eigenvalue weighted by atomic mass is 9.93. The minimum absolute atomic E-state index is 0.113. The van der Waals surface area contributed by atoms with Crippen LogP contribution in [0, 0.1) is 5.92 Å². The van der Waals surface area contributed by atoms with Crippen molar-refractivity contribution in [1.82, 2.24) is 0 Å². The third-order valence-corrected chi connectivity index (χ3v) is 2.68. The van der Waals surface area contributed by atoms with Crippen LogP contribution in [0.25, 0.3) is 0 Å². The Labute approximate surface area is 97.4 Å². The van der Waals surface area contributed by atoms with Crippen LogP contribution in [0.1, 0.15) is 12.5 Å². The highest BCUT2D eigenvalue weighted by atomic mass is 35.5. The van der Waals surface area contributed by atoms with E-state index in [1.165, 1.54) is 6.92 Å². The summed E-state index contributed by atoms with van der Waals surface area (Å²) in [4.78, 5) is 0. The van der Waals surface area contributed by atoms with Gasteiger partial charge in [-0.25, -0.2) is 0 Å². The molecule has 0 radical (unpaired) electrons. The fourth-order valence-electron chi connectivity index (χ4n) is 1.47. The van der Waals surface area contributed by atoms with Gasteiger partial charge in [0.2, 0.25) is 0 Å². The Morgan fingerprint density at radius 1 is 1.25 bits per heavy atom. The molecule has 5 heteroatoms. The van der Waals surface area contributed by atoms with E-state index in [1.807, 2.05) is 0 Å². The van der Waals surface area contributed by atoms with E-state index in [0.717, 1.165) is 0 Å². The van der Waals surface area contributed by atoms with E-state index in [0.29, 0.717) is 10.6 Å². The van der Waals surface area contributed by atoms with Crippen molar-refractivity contribution in [2.45, 2.75) is 25.6 Å². The molecule has 0 bridgehead atoms. The van der Waals surface area contributed by atoms with Gasteiger partial charge in [0.05, 0.1) is 5.92 Å². The summed E-state index contributed by atoms with van der Waals surface area (Å²) < 4.78 is 37.9. The Morgan fingerprint density at radius 3 is 2.12 bits per heavy atom. The summed E-state index contributed by atoms with van der Waals surface area (Å²) in [5.41, 5.74) is 5.94. The number of halogens is 4. The molecule has 0 heterocycles. The minimum atomic E-state index is -4.27. The number of hydrogen-bond acceptors (Lipinski definition) is 1. The Kier molecular flexibility index (Phi) is 4.21. The normalized spacial score (nSPS) is 15.9. The predicted molar refractivity (Wildman–Crippen MR) is 58.4 cm³/mol. The van der Waals surface area contributed by atoms with Crippen molar-refractivity contribution in [1.29, 1.82) is 0 Å². The largest absolute Gasteiger partial charge is 0.393 e. The van der Waals surface area contributed by atoms with Crippen LogP contribution in [0.15, 0.2) is 24.3 Å². The number of hydrogen-bond donors (Lipinski definition) is 1. The maximum Gasteiger partial charge on any atom is 0.393 e. The average molecular weight is 252 g/mol. The van der Waals surface area contributed by atoms with Crippen molar-refractivity contribution in [3.63, 3.8) is 0 Å². The molecule has 16 heavy (non-hydrogen) atoms. The molecule has 0 fully saturated rings.